The highest BCUT2D eigenvalue weighted by Crippen LogP contribution is 2.20. The van der Waals surface area contributed by atoms with E-state index in [2.05, 4.69) is 37.8 Å². The predicted octanol–water partition coefficient (Wildman–Crippen LogP) is 3.35. The molecule has 0 spiro atoms. The fraction of sp³-hybridized carbons (Fsp3) is 0.304. The molecule has 30 heavy (non-hydrogen) atoms. The van der Waals surface area contributed by atoms with E-state index in [0.717, 1.165) is 48.8 Å². The monoisotopic (exact) mass is 406 g/mol. The predicted molar refractivity (Wildman–Crippen MR) is 119 cm³/mol. The van der Waals surface area contributed by atoms with E-state index in [1.807, 2.05) is 35.1 Å². The molecule has 2 N–H and O–H groups in total. The van der Waals surface area contributed by atoms with Gasteiger partial charge in [-0.2, -0.15) is 5.10 Å². The molecule has 1 unspecified atom stereocenters. The average molecular weight is 407 g/mol. The minimum absolute atomic E-state index is 0.197. The molecular formula is C23H27FN6. The number of hydrogen-bond acceptors (Lipinski definition) is 3. The van der Waals surface area contributed by atoms with Crippen LogP contribution in [0.15, 0.2) is 72.0 Å². The van der Waals surface area contributed by atoms with Crippen LogP contribution in [0.5, 0.6) is 0 Å². The van der Waals surface area contributed by atoms with Gasteiger partial charge in [0.15, 0.2) is 5.96 Å². The largest absolute Gasteiger partial charge is 0.369 e. The fourth-order valence-corrected chi connectivity index (χ4v) is 3.81. The summed E-state index contributed by atoms with van der Waals surface area (Å²) >= 11 is 0. The normalized spacial score (nSPS) is 17.1. The molecular weight excluding hydrogens is 379 g/mol. The lowest BCUT2D eigenvalue weighted by atomic mass is 10.0. The van der Waals surface area contributed by atoms with Crippen LogP contribution in [0.25, 0.3) is 5.69 Å². The number of hydrogen-bond donors (Lipinski definition) is 2. The van der Waals surface area contributed by atoms with Crippen LogP contribution in [0.4, 0.5) is 10.1 Å². The zero-order valence-corrected chi connectivity index (χ0v) is 17.1. The van der Waals surface area contributed by atoms with Gasteiger partial charge in [0, 0.05) is 50.8 Å². The first kappa shape index (κ1) is 19.9. The number of piperidine rings is 1. The summed E-state index contributed by atoms with van der Waals surface area (Å²) in [6, 6.07) is 17.2. The number of aliphatic imine (C=N–C) groups is 1. The Morgan fingerprint density at radius 1 is 1.17 bits per heavy atom. The van der Waals surface area contributed by atoms with Crippen LogP contribution in [-0.4, -0.2) is 41.9 Å². The molecule has 1 fully saturated rings. The van der Waals surface area contributed by atoms with Crippen molar-refractivity contribution in [3.05, 3.63) is 78.4 Å². The van der Waals surface area contributed by atoms with Crippen molar-refractivity contribution in [1.82, 2.24) is 20.4 Å². The summed E-state index contributed by atoms with van der Waals surface area (Å²) < 4.78 is 15.4. The lowest BCUT2D eigenvalue weighted by Gasteiger charge is -2.35. The molecule has 3 aromatic rings. The molecule has 0 aliphatic carbocycles. The van der Waals surface area contributed by atoms with Crippen LogP contribution in [0, 0.1) is 5.82 Å². The number of guanidine groups is 1. The van der Waals surface area contributed by atoms with Crippen LogP contribution in [-0.2, 0) is 6.54 Å². The van der Waals surface area contributed by atoms with Crippen molar-refractivity contribution < 1.29 is 4.39 Å². The summed E-state index contributed by atoms with van der Waals surface area (Å²) in [7, 11) is 1.78. The molecule has 1 saturated heterocycles. The quantitative estimate of drug-likeness (QED) is 0.504. The van der Waals surface area contributed by atoms with Gasteiger partial charge in [-0.25, -0.2) is 9.07 Å². The maximum absolute atomic E-state index is 13.6. The van der Waals surface area contributed by atoms with Crippen molar-refractivity contribution in [3.8, 4) is 5.69 Å². The summed E-state index contributed by atoms with van der Waals surface area (Å²) in [6.07, 6.45) is 5.81. The summed E-state index contributed by atoms with van der Waals surface area (Å²) in [6.45, 7) is 2.42. The Morgan fingerprint density at radius 2 is 2.03 bits per heavy atom. The molecule has 0 radical (unpaired) electrons. The van der Waals surface area contributed by atoms with Crippen molar-refractivity contribution in [2.24, 2.45) is 4.99 Å². The third kappa shape index (κ3) is 4.97. The second-order valence-electron chi connectivity index (χ2n) is 7.46. The lowest BCUT2D eigenvalue weighted by molar-refractivity contribution is 0.467. The Kier molecular flexibility index (Phi) is 6.27. The van der Waals surface area contributed by atoms with Crippen molar-refractivity contribution in [2.45, 2.75) is 25.4 Å². The van der Waals surface area contributed by atoms with E-state index in [1.54, 1.807) is 25.4 Å². The molecule has 0 saturated carbocycles. The highest BCUT2D eigenvalue weighted by atomic mass is 19.1. The molecule has 156 valence electrons. The van der Waals surface area contributed by atoms with Crippen LogP contribution in [0.2, 0.25) is 0 Å². The molecule has 1 aromatic heterocycles. The molecule has 1 atom stereocenters. The van der Waals surface area contributed by atoms with Gasteiger partial charge in [0.25, 0.3) is 0 Å². The molecule has 6 nitrogen and oxygen atoms in total. The van der Waals surface area contributed by atoms with Gasteiger partial charge < -0.3 is 15.5 Å². The lowest BCUT2D eigenvalue weighted by Crippen LogP contribution is -2.51. The highest BCUT2D eigenvalue weighted by Gasteiger charge is 2.21. The minimum Gasteiger partial charge on any atom is -0.369 e. The SMILES string of the molecule is CN=C(NCc1cccc(-n2cccn2)c1)NC1CCCN(c2cccc(F)c2)C1. The molecule has 1 aliphatic rings. The minimum atomic E-state index is -0.197. The van der Waals surface area contributed by atoms with Crippen LogP contribution in [0.1, 0.15) is 18.4 Å². The Morgan fingerprint density at radius 3 is 2.83 bits per heavy atom. The van der Waals surface area contributed by atoms with Gasteiger partial charge in [-0.1, -0.05) is 18.2 Å². The van der Waals surface area contributed by atoms with E-state index in [0.29, 0.717) is 6.54 Å². The second-order valence-corrected chi connectivity index (χ2v) is 7.46. The average Bonchev–Trinajstić information content (AvgIpc) is 3.32. The van der Waals surface area contributed by atoms with Crippen molar-refractivity contribution in [1.29, 1.82) is 0 Å². The number of halogens is 1. The van der Waals surface area contributed by atoms with Crippen LogP contribution >= 0.6 is 0 Å². The molecule has 4 rings (SSSR count). The number of anilines is 1. The third-order valence-corrected chi connectivity index (χ3v) is 5.30. The van der Waals surface area contributed by atoms with Crippen LogP contribution in [0.3, 0.4) is 0 Å². The van der Waals surface area contributed by atoms with Gasteiger partial charge in [0.05, 0.1) is 5.69 Å². The van der Waals surface area contributed by atoms with E-state index >= 15 is 0 Å². The van der Waals surface area contributed by atoms with E-state index in [9.17, 15) is 4.39 Å². The van der Waals surface area contributed by atoms with Gasteiger partial charge in [-0.05, 0) is 54.8 Å². The number of rotatable bonds is 5. The fourth-order valence-electron chi connectivity index (χ4n) is 3.81. The number of nitrogens with zero attached hydrogens (tertiary/aromatic N) is 4. The van der Waals surface area contributed by atoms with E-state index in [1.165, 1.54) is 6.07 Å². The standard InChI is InChI=1S/C23H27FN6/c1-25-23(26-16-18-6-2-10-22(14-18)30-13-5-11-27-30)28-20-8-4-12-29(17-20)21-9-3-7-19(24)15-21/h2-3,5-7,9-11,13-15,20H,4,8,12,16-17H2,1H3,(H2,25,26,28). The summed E-state index contributed by atoms with van der Waals surface area (Å²) in [5.74, 6) is 0.572. The molecule has 0 bridgehead atoms. The Bertz CT molecular complexity index is 985. The van der Waals surface area contributed by atoms with Gasteiger partial charge >= 0.3 is 0 Å². The smallest absolute Gasteiger partial charge is 0.191 e. The molecule has 2 heterocycles. The van der Waals surface area contributed by atoms with E-state index in [-0.39, 0.29) is 11.9 Å². The van der Waals surface area contributed by atoms with Gasteiger partial charge in [-0.15, -0.1) is 0 Å². The van der Waals surface area contributed by atoms with Gasteiger partial charge in [0.1, 0.15) is 5.82 Å². The maximum Gasteiger partial charge on any atom is 0.191 e. The first-order valence-corrected chi connectivity index (χ1v) is 10.3. The molecule has 2 aromatic carbocycles. The topological polar surface area (TPSA) is 57.5 Å². The van der Waals surface area contributed by atoms with E-state index in [4.69, 9.17) is 0 Å². The first-order valence-electron chi connectivity index (χ1n) is 10.3. The number of aromatic nitrogens is 2. The number of nitrogens with one attached hydrogen (secondary N) is 2. The Labute approximate surface area is 176 Å². The maximum atomic E-state index is 13.6. The summed E-state index contributed by atoms with van der Waals surface area (Å²) in [5.41, 5.74) is 3.11. The summed E-state index contributed by atoms with van der Waals surface area (Å²) in [5, 5.41) is 11.2. The first-order chi connectivity index (χ1) is 14.7. The highest BCUT2D eigenvalue weighted by molar-refractivity contribution is 5.80. The molecule has 0 amide bonds. The zero-order chi connectivity index (χ0) is 20.8. The second kappa shape index (κ2) is 9.43. The van der Waals surface area contributed by atoms with Crippen molar-refractivity contribution >= 4 is 11.6 Å². The Hall–Kier alpha value is -3.35. The van der Waals surface area contributed by atoms with Crippen LogP contribution < -0.4 is 15.5 Å². The molecule has 1 aliphatic heterocycles. The van der Waals surface area contributed by atoms with Gasteiger partial charge in [0.2, 0.25) is 0 Å². The third-order valence-electron chi connectivity index (χ3n) is 5.30. The Balaban J connectivity index is 1.34. The van der Waals surface area contributed by atoms with Gasteiger partial charge in [-0.3, -0.25) is 4.99 Å². The molecule has 7 heteroatoms. The summed E-state index contributed by atoms with van der Waals surface area (Å²) in [4.78, 5) is 6.61. The van der Waals surface area contributed by atoms with Crippen molar-refractivity contribution in [3.63, 3.8) is 0 Å². The zero-order valence-electron chi connectivity index (χ0n) is 17.1. The van der Waals surface area contributed by atoms with E-state index < -0.39 is 0 Å². The van der Waals surface area contributed by atoms with Crippen molar-refractivity contribution in [2.75, 3.05) is 25.0 Å². The number of benzene rings is 2.